The van der Waals surface area contributed by atoms with E-state index in [1.165, 1.54) is 31.4 Å². The molecule has 0 aromatic heterocycles. The van der Waals surface area contributed by atoms with E-state index in [-0.39, 0.29) is 0 Å². The molecule has 2 N–H and O–H groups in total. The predicted molar refractivity (Wildman–Crippen MR) is 88.2 cm³/mol. The fourth-order valence-corrected chi connectivity index (χ4v) is 3.15. The zero-order valence-electron chi connectivity index (χ0n) is 11.4. The number of hydrogen-bond acceptors (Lipinski definition) is 2. The molecule has 0 saturated heterocycles. The Morgan fingerprint density at radius 1 is 1.32 bits per heavy atom. The Morgan fingerprint density at radius 2 is 2.05 bits per heavy atom. The van der Waals surface area contributed by atoms with Gasteiger partial charge in [0.15, 0.2) is 0 Å². The Morgan fingerprint density at radius 3 is 2.58 bits per heavy atom. The summed E-state index contributed by atoms with van der Waals surface area (Å²) in [6.07, 6.45) is 3.96. The van der Waals surface area contributed by atoms with Crippen LogP contribution in [0.5, 0.6) is 0 Å². The molecular formula is C15H22Br2N2. The second kappa shape index (κ2) is 7.21. The topological polar surface area (TPSA) is 29.3 Å². The van der Waals surface area contributed by atoms with Gasteiger partial charge >= 0.3 is 0 Å². The lowest BCUT2D eigenvalue weighted by Gasteiger charge is -2.31. The molecule has 19 heavy (non-hydrogen) atoms. The first kappa shape index (κ1) is 15.5. The molecule has 4 heteroatoms. The maximum atomic E-state index is 6.05. The van der Waals surface area contributed by atoms with Crippen LogP contribution in [-0.4, -0.2) is 24.5 Å². The van der Waals surface area contributed by atoms with Crippen LogP contribution in [0.3, 0.4) is 0 Å². The van der Waals surface area contributed by atoms with Gasteiger partial charge in [0.05, 0.1) is 0 Å². The van der Waals surface area contributed by atoms with Crippen molar-refractivity contribution in [3.05, 3.63) is 32.7 Å². The highest BCUT2D eigenvalue weighted by Gasteiger charge is 2.28. The van der Waals surface area contributed by atoms with Crippen molar-refractivity contribution in [1.29, 1.82) is 0 Å². The molecule has 1 aromatic carbocycles. The highest BCUT2D eigenvalue weighted by molar-refractivity contribution is 9.13. The molecule has 106 valence electrons. The van der Waals surface area contributed by atoms with E-state index in [0.717, 1.165) is 21.4 Å². The van der Waals surface area contributed by atoms with Gasteiger partial charge < -0.3 is 5.73 Å². The summed E-state index contributed by atoms with van der Waals surface area (Å²) in [5, 5.41) is 0. The predicted octanol–water partition coefficient (Wildman–Crippen LogP) is 4.33. The van der Waals surface area contributed by atoms with Crippen molar-refractivity contribution < 1.29 is 0 Å². The van der Waals surface area contributed by atoms with Crippen molar-refractivity contribution >= 4 is 31.9 Å². The van der Waals surface area contributed by atoms with Crippen molar-refractivity contribution in [3.8, 4) is 0 Å². The Bertz CT molecular complexity index is 419. The third-order valence-electron chi connectivity index (χ3n) is 3.69. The third-order valence-corrected chi connectivity index (χ3v) is 5.57. The molecule has 1 unspecified atom stereocenters. The van der Waals surface area contributed by atoms with Crippen LogP contribution in [0, 0.1) is 5.92 Å². The van der Waals surface area contributed by atoms with Gasteiger partial charge in [-0.05, 0) is 81.3 Å². The molecule has 0 aliphatic heterocycles. The molecule has 0 heterocycles. The van der Waals surface area contributed by atoms with Crippen molar-refractivity contribution in [2.24, 2.45) is 11.7 Å². The summed E-state index contributed by atoms with van der Waals surface area (Å²) < 4.78 is 2.20. The van der Waals surface area contributed by atoms with E-state index in [1.807, 2.05) is 0 Å². The average molecular weight is 390 g/mol. The van der Waals surface area contributed by atoms with Gasteiger partial charge in [-0.1, -0.05) is 13.0 Å². The molecule has 2 nitrogen and oxygen atoms in total. The molecule has 1 aliphatic rings. The Kier molecular flexibility index (Phi) is 5.87. The quantitative estimate of drug-likeness (QED) is 0.751. The number of nitrogens with zero attached hydrogens (tertiary/aromatic N) is 1. The summed E-state index contributed by atoms with van der Waals surface area (Å²) in [5.41, 5.74) is 7.36. The molecule has 0 spiro atoms. The van der Waals surface area contributed by atoms with E-state index in [0.29, 0.717) is 12.6 Å². The van der Waals surface area contributed by atoms with Gasteiger partial charge in [0.2, 0.25) is 0 Å². The van der Waals surface area contributed by atoms with E-state index in [2.05, 4.69) is 61.9 Å². The Hall–Kier alpha value is 0.1000. The number of hydrogen-bond donors (Lipinski definition) is 1. The fraction of sp³-hybridized carbons (Fsp3) is 0.600. The number of halogens is 2. The minimum atomic E-state index is 0.338. The molecule has 0 amide bonds. The molecule has 1 aliphatic carbocycles. The standard InChI is InChI=1S/C15H22Br2N2/c1-2-7-19(10-11-3-4-11)15(9-18)12-5-6-13(16)14(17)8-12/h5-6,8,11,15H,2-4,7,9-10,18H2,1H3. The first-order valence-electron chi connectivity index (χ1n) is 7.04. The lowest BCUT2D eigenvalue weighted by molar-refractivity contribution is 0.193. The maximum absolute atomic E-state index is 6.05. The van der Waals surface area contributed by atoms with Crippen LogP contribution in [0.4, 0.5) is 0 Å². The minimum Gasteiger partial charge on any atom is -0.329 e. The molecule has 1 aromatic rings. The fourth-order valence-electron chi connectivity index (χ4n) is 2.51. The van der Waals surface area contributed by atoms with Crippen molar-refractivity contribution in [2.75, 3.05) is 19.6 Å². The SMILES string of the molecule is CCCN(CC1CC1)C(CN)c1ccc(Br)c(Br)c1. The van der Waals surface area contributed by atoms with Gasteiger partial charge in [0, 0.05) is 28.1 Å². The molecule has 0 bridgehead atoms. The number of benzene rings is 1. The second-order valence-electron chi connectivity index (χ2n) is 5.36. The van der Waals surface area contributed by atoms with Crippen LogP contribution < -0.4 is 5.73 Å². The van der Waals surface area contributed by atoms with E-state index in [9.17, 15) is 0 Å². The van der Waals surface area contributed by atoms with Gasteiger partial charge in [0.25, 0.3) is 0 Å². The maximum Gasteiger partial charge on any atom is 0.0470 e. The second-order valence-corrected chi connectivity index (χ2v) is 7.07. The zero-order valence-corrected chi connectivity index (χ0v) is 14.6. The molecular weight excluding hydrogens is 368 g/mol. The van der Waals surface area contributed by atoms with Crippen molar-refractivity contribution in [1.82, 2.24) is 4.90 Å². The highest BCUT2D eigenvalue weighted by atomic mass is 79.9. The van der Waals surface area contributed by atoms with Crippen LogP contribution in [0.1, 0.15) is 37.8 Å². The smallest absolute Gasteiger partial charge is 0.0470 e. The monoisotopic (exact) mass is 388 g/mol. The van der Waals surface area contributed by atoms with Gasteiger partial charge in [-0.15, -0.1) is 0 Å². The lowest BCUT2D eigenvalue weighted by Crippen LogP contribution is -2.36. The first-order valence-corrected chi connectivity index (χ1v) is 8.63. The van der Waals surface area contributed by atoms with E-state index >= 15 is 0 Å². The first-order chi connectivity index (χ1) is 9.15. The van der Waals surface area contributed by atoms with E-state index in [1.54, 1.807) is 0 Å². The molecule has 1 saturated carbocycles. The summed E-state index contributed by atoms with van der Waals surface area (Å²) in [7, 11) is 0. The lowest BCUT2D eigenvalue weighted by atomic mass is 10.0. The summed E-state index contributed by atoms with van der Waals surface area (Å²) in [5.74, 6) is 0.902. The van der Waals surface area contributed by atoms with Gasteiger partial charge in [-0.3, -0.25) is 4.90 Å². The van der Waals surface area contributed by atoms with Crippen LogP contribution in [0.2, 0.25) is 0 Å². The average Bonchev–Trinajstić information content (AvgIpc) is 3.19. The molecule has 1 atom stereocenters. The molecule has 0 radical (unpaired) electrons. The zero-order chi connectivity index (χ0) is 13.8. The summed E-state index contributed by atoms with van der Waals surface area (Å²) in [4.78, 5) is 2.56. The largest absolute Gasteiger partial charge is 0.329 e. The van der Waals surface area contributed by atoms with E-state index in [4.69, 9.17) is 5.73 Å². The van der Waals surface area contributed by atoms with Crippen LogP contribution in [0.15, 0.2) is 27.1 Å². The van der Waals surface area contributed by atoms with Crippen LogP contribution in [0.25, 0.3) is 0 Å². The number of nitrogens with two attached hydrogens (primary N) is 1. The van der Waals surface area contributed by atoms with E-state index < -0.39 is 0 Å². The third kappa shape index (κ3) is 4.28. The van der Waals surface area contributed by atoms with Gasteiger partial charge in [-0.25, -0.2) is 0 Å². The molecule has 2 rings (SSSR count). The van der Waals surface area contributed by atoms with Crippen molar-refractivity contribution in [2.45, 2.75) is 32.2 Å². The Labute approximate surface area is 133 Å². The van der Waals surface area contributed by atoms with Crippen molar-refractivity contribution in [3.63, 3.8) is 0 Å². The highest BCUT2D eigenvalue weighted by Crippen LogP contribution is 2.34. The summed E-state index contributed by atoms with van der Waals surface area (Å²) >= 11 is 7.12. The summed E-state index contributed by atoms with van der Waals surface area (Å²) in [6, 6.07) is 6.81. The minimum absolute atomic E-state index is 0.338. The molecule has 1 fully saturated rings. The Balaban J connectivity index is 2.16. The normalized spacial score (nSPS) is 16.9. The van der Waals surface area contributed by atoms with Crippen LogP contribution >= 0.6 is 31.9 Å². The number of rotatable bonds is 7. The van der Waals surface area contributed by atoms with Gasteiger partial charge in [0.1, 0.15) is 0 Å². The van der Waals surface area contributed by atoms with Gasteiger partial charge in [-0.2, -0.15) is 0 Å². The van der Waals surface area contributed by atoms with Crippen LogP contribution in [-0.2, 0) is 0 Å². The summed E-state index contributed by atoms with van der Waals surface area (Å²) in [6.45, 7) is 5.25.